The van der Waals surface area contributed by atoms with Crippen LogP contribution in [-0.4, -0.2) is 10.8 Å². The van der Waals surface area contributed by atoms with Crippen LogP contribution in [0.5, 0.6) is 0 Å². The maximum absolute atomic E-state index is 12.1. The zero-order valence-electron chi connectivity index (χ0n) is 13.8. The maximum atomic E-state index is 12.1. The van der Waals surface area contributed by atoms with E-state index in [1.165, 1.54) is 29.2 Å². The fraction of sp³-hybridized carbons (Fsp3) is 0.100. The summed E-state index contributed by atoms with van der Waals surface area (Å²) in [5, 5.41) is 0.834. The lowest BCUT2D eigenvalue weighted by molar-refractivity contribution is 0.0572. The Hall–Kier alpha value is -2.76. The second-order valence-electron chi connectivity index (χ2n) is 5.49. The monoisotopic (exact) mass is 350 g/mol. The Morgan fingerprint density at radius 1 is 1.16 bits per heavy atom. The average molecular weight is 350 g/mol. The topological polar surface area (TPSA) is 51.2 Å². The quantitative estimate of drug-likeness (QED) is 0.294. The van der Waals surface area contributed by atoms with E-state index in [2.05, 4.69) is 10.5 Å². The van der Waals surface area contributed by atoms with Crippen LogP contribution in [0.25, 0.3) is 10.6 Å². The van der Waals surface area contributed by atoms with Crippen molar-refractivity contribution in [2.45, 2.75) is 13.5 Å². The van der Waals surface area contributed by atoms with Gasteiger partial charge in [0.1, 0.15) is 5.01 Å². The molecule has 1 aromatic heterocycles. The average Bonchev–Trinajstić information content (AvgIpc) is 3.14. The van der Waals surface area contributed by atoms with Crippen molar-refractivity contribution in [3.05, 3.63) is 89.1 Å². The summed E-state index contributed by atoms with van der Waals surface area (Å²) in [4.78, 5) is 22.4. The minimum atomic E-state index is -0.105. The molecule has 3 rings (SSSR count). The fourth-order valence-electron chi connectivity index (χ4n) is 2.15. The lowest BCUT2D eigenvalue weighted by Gasteiger charge is -2.03. The zero-order chi connectivity index (χ0) is 17.5. The van der Waals surface area contributed by atoms with E-state index in [0.29, 0.717) is 11.5 Å². The summed E-state index contributed by atoms with van der Waals surface area (Å²) >= 11 is 1.38. The van der Waals surface area contributed by atoms with E-state index in [9.17, 15) is 4.79 Å². The van der Waals surface area contributed by atoms with Gasteiger partial charge in [0.25, 0.3) is 0 Å². The summed E-state index contributed by atoms with van der Waals surface area (Å²) < 4.78 is 0. The molecule has 0 fully saturated rings. The van der Waals surface area contributed by atoms with Crippen molar-refractivity contribution in [1.82, 2.24) is 10.5 Å². The molecule has 1 N–H and O–H groups in total. The Labute approximate surface area is 150 Å². The molecular weight excluding hydrogens is 332 g/mol. The number of carbonyl (C=O) groups excluding carboxylic acids is 1. The van der Waals surface area contributed by atoms with Crippen LogP contribution in [0.1, 0.15) is 20.8 Å². The molecule has 0 radical (unpaired) electrons. The van der Waals surface area contributed by atoms with Gasteiger partial charge in [0.05, 0.1) is 11.5 Å². The van der Waals surface area contributed by atoms with Gasteiger partial charge in [-0.15, -0.1) is 11.3 Å². The van der Waals surface area contributed by atoms with Crippen LogP contribution in [0.3, 0.4) is 0 Å². The van der Waals surface area contributed by atoms with Gasteiger partial charge in [0.2, 0.25) is 0 Å². The van der Waals surface area contributed by atoms with Gasteiger partial charge in [-0.05, 0) is 12.5 Å². The third kappa shape index (κ3) is 4.86. The molecule has 2 aromatic carbocycles. The van der Waals surface area contributed by atoms with E-state index in [0.717, 1.165) is 16.1 Å². The maximum Gasteiger partial charge on any atom is 0.198 e. The van der Waals surface area contributed by atoms with Crippen molar-refractivity contribution >= 4 is 17.1 Å². The lowest BCUT2D eigenvalue weighted by Crippen LogP contribution is -2.07. The van der Waals surface area contributed by atoms with Crippen LogP contribution in [0, 0.1) is 6.92 Å². The second-order valence-corrected chi connectivity index (χ2v) is 6.52. The van der Waals surface area contributed by atoms with Gasteiger partial charge in [-0.3, -0.25) is 15.1 Å². The number of ketones is 1. The van der Waals surface area contributed by atoms with Crippen molar-refractivity contribution in [3.63, 3.8) is 0 Å². The highest BCUT2D eigenvalue weighted by atomic mass is 32.1. The number of hydroxylamine groups is 1. The van der Waals surface area contributed by atoms with Crippen LogP contribution >= 0.6 is 11.3 Å². The SMILES string of the molecule is Cc1ccc(CONC=CC(=O)c2cnc(-c3ccccc3)s2)cc1. The minimum absolute atomic E-state index is 0.105. The van der Waals surface area contributed by atoms with Crippen molar-refractivity contribution in [3.8, 4) is 10.6 Å². The number of nitrogens with one attached hydrogen (secondary N) is 1. The van der Waals surface area contributed by atoms with Gasteiger partial charge in [-0.2, -0.15) is 0 Å². The molecule has 0 aliphatic rings. The van der Waals surface area contributed by atoms with E-state index in [-0.39, 0.29) is 5.78 Å². The predicted molar refractivity (Wildman–Crippen MR) is 100 cm³/mol. The van der Waals surface area contributed by atoms with E-state index >= 15 is 0 Å². The van der Waals surface area contributed by atoms with Gasteiger partial charge in [-0.1, -0.05) is 60.2 Å². The van der Waals surface area contributed by atoms with Gasteiger partial charge in [0, 0.05) is 24.0 Å². The summed E-state index contributed by atoms with van der Waals surface area (Å²) in [6.45, 7) is 2.47. The molecular formula is C20H18N2O2S. The summed E-state index contributed by atoms with van der Waals surface area (Å²) in [6, 6.07) is 17.9. The molecule has 3 aromatic rings. The Morgan fingerprint density at radius 3 is 2.68 bits per heavy atom. The number of aryl methyl sites for hydroxylation is 1. The zero-order valence-corrected chi connectivity index (χ0v) is 14.6. The Bertz CT molecular complexity index is 855. The molecule has 0 amide bonds. The number of carbonyl (C=O) groups is 1. The van der Waals surface area contributed by atoms with Gasteiger partial charge in [-0.25, -0.2) is 4.98 Å². The van der Waals surface area contributed by atoms with Crippen LogP contribution in [0.15, 0.2) is 73.1 Å². The number of hydrogen-bond acceptors (Lipinski definition) is 5. The fourth-order valence-corrected chi connectivity index (χ4v) is 2.99. The normalized spacial score (nSPS) is 10.9. The summed E-state index contributed by atoms with van der Waals surface area (Å²) in [7, 11) is 0. The highest BCUT2D eigenvalue weighted by Gasteiger charge is 2.08. The Kier molecular flexibility index (Phi) is 5.72. The van der Waals surface area contributed by atoms with E-state index < -0.39 is 0 Å². The number of aromatic nitrogens is 1. The highest BCUT2D eigenvalue weighted by Crippen LogP contribution is 2.25. The first-order valence-electron chi connectivity index (χ1n) is 7.87. The van der Waals surface area contributed by atoms with Gasteiger partial charge in [0.15, 0.2) is 5.78 Å². The van der Waals surface area contributed by atoms with Crippen molar-refractivity contribution in [1.29, 1.82) is 0 Å². The van der Waals surface area contributed by atoms with E-state index in [1.54, 1.807) is 6.20 Å². The predicted octanol–water partition coefficient (Wildman–Crippen LogP) is 4.54. The molecule has 0 atom stereocenters. The number of benzene rings is 2. The number of allylic oxidation sites excluding steroid dienone is 1. The second kappa shape index (κ2) is 8.37. The third-order valence-corrected chi connectivity index (χ3v) is 4.58. The highest BCUT2D eigenvalue weighted by molar-refractivity contribution is 7.17. The van der Waals surface area contributed by atoms with Gasteiger partial charge < -0.3 is 0 Å². The molecule has 0 saturated carbocycles. The first kappa shape index (κ1) is 17.1. The molecule has 126 valence electrons. The molecule has 0 aliphatic carbocycles. The van der Waals surface area contributed by atoms with E-state index in [1.807, 2.05) is 61.5 Å². The lowest BCUT2D eigenvalue weighted by atomic mass is 10.2. The number of rotatable bonds is 7. The van der Waals surface area contributed by atoms with Crippen LogP contribution < -0.4 is 5.48 Å². The molecule has 0 aliphatic heterocycles. The largest absolute Gasteiger partial charge is 0.288 e. The molecule has 25 heavy (non-hydrogen) atoms. The van der Waals surface area contributed by atoms with Crippen LogP contribution in [0.4, 0.5) is 0 Å². The minimum Gasteiger partial charge on any atom is -0.288 e. The first-order chi connectivity index (χ1) is 12.2. The summed E-state index contributed by atoms with van der Waals surface area (Å²) in [6.07, 6.45) is 4.54. The van der Waals surface area contributed by atoms with Crippen molar-refractivity contribution in [2.75, 3.05) is 0 Å². The smallest absolute Gasteiger partial charge is 0.198 e. The summed E-state index contributed by atoms with van der Waals surface area (Å²) in [5.41, 5.74) is 5.95. The molecule has 0 saturated heterocycles. The standard InChI is InChI=1S/C20H18N2O2S/c1-15-7-9-16(10-8-15)14-24-22-12-11-18(23)19-13-21-20(25-19)17-5-3-2-4-6-17/h2-13,22H,14H2,1H3. The van der Waals surface area contributed by atoms with Crippen LogP contribution in [-0.2, 0) is 11.4 Å². The first-order valence-corrected chi connectivity index (χ1v) is 8.69. The molecule has 0 spiro atoms. The molecule has 5 heteroatoms. The summed E-state index contributed by atoms with van der Waals surface area (Å²) in [5.74, 6) is -0.105. The number of hydrogen-bond donors (Lipinski definition) is 1. The van der Waals surface area contributed by atoms with E-state index in [4.69, 9.17) is 4.84 Å². The Balaban J connectivity index is 1.49. The van der Waals surface area contributed by atoms with Crippen molar-refractivity contribution in [2.24, 2.45) is 0 Å². The number of nitrogens with zero attached hydrogens (tertiary/aromatic N) is 1. The molecule has 0 unspecified atom stereocenters. The molecule has 0 bridgehead atoms. The molecule has 1 heterocycles. The van der Waals surface area contributed by atoms with Crippen LogP contribution in [0.2, 0.25) is 0 Å². The van der Waals surface area contributed by atoms with Crippen molar-refractivity contribution < 1.29 is 9.63 Å². The number of thiazole rings is 1. The van der Waals surface area contributed by atoms with Gasteiger partial charge >= 0.3 is 0 Å². The Morgan fingerprint density at radius 2 is 1.92 bits per heavy atom. The molecule has 4 nitrogen and oxygen atoms in total. The third-order valence-electron chi connectivity index (χ3n) is 3.51.